The molecule has 0 amide bonds. The first-order chi connectivity index (χ1) is 15.2. The van der Waals surface area contributed by atoms with E-state index in [1.54, 1.807) is 0 Å². The number of hydrogen-bond donors (Lipinski definition) is 1. The number of ether oxygens (including phenoxy) is 1. The molecule has 0 radical (unpaired) electrons. The second-order valence-corrected chi connectivity index (χ2v) is 10.1. The van der Waals surface area contributed by atoms with Gasteiger partial charge >= 0.3 is 0 Å². The second kappa shape index (κ2) is 24.6. The maximum atomic E-state index is 11.4. The van der Waals surface area contributed by atoms with Gasteiger partial charge in [0.1, 0.15) is 0 Å². The zero-order valence-electron chi connectivity index (χ0n) is 22.0. The van der Waals surface area contributed by atoms with Gasteiger partial charge in [-0.2, -0.15) is 0 Å². The third kappa shape index (κ3) is 22.9. The van der Waals surface area contributed by atoms with Crippen molar-refractivity contribution < 1.29 is 9.84 Å². The summed E-state index contributed by atoms with van der Waals surface area (Å²) in [6.45, 7) is 8.54. The van der Waals surface area contributed by atoms with E-state index in [0.717, 1.165) is 45.3 Å². The van der Waals surface area contributed by atoms with Gasteiger partial charge in [0.05, 0.1) is 5.60 Å². The Labute approximate surface area is 197 Å². The quantitative estimate of drug-likeness (QED) is 0.136. The van der Waals surface area contributed by atoms with Crippen molar-refractivity contribution in [3.8, 4) is 0 Å². The minimum Gasteiger partial charge on any atom is -0.390 e. The van der Waals surface area contributed by atoms with Gasteiger partial charge in [0.25, 0.3) is 0 Å². The number of unbranched alkanes of at least 4 members (excludes halogenated alkanes) is 16. The lowest BCUT2D eigenvalue weighted by Crippen LogP contribution is -2.28. The maximum Gasteiger partial charge on any atom is 0.0647 e. The zero-order chi connectivity index (χ0) is 22.9. The van der Waals surface area contributed by atoms with Gasteiger partial charge < -0.3 is 9.84 Å². The van der Waals surface area contributed by atoms with Crippen molar-refractivity contribution in [3.05, 3.63) is 0 Å². The first-order valence-electron chi connectivity index (χ1n) is 14.5. The summed E-state index contributed by atoms with van der Waals surface area (Å²) in [5, 5.41) is 11.4. The van der Waals surface area contributed by atoms with Crippen molar-refractivity contribution in [2.24, 2.45) is 0 Å². The molecule has 0 heterocycles. The average Bonchev–Trinajstić information content (AvgIpc) is 2.77. The molecule has 31 heavy (non-hydrogen) atoms. The lowest BCUT2D eigenvalue weighted by Gasteiger charge is -2.29. The van der Waals surface area contributed by atoms with E-state index in [1.165, 1.54) is 116 Å². The standard InChI is InChI=1S/C29H60O2/c1-4-7-10-12-14-16-18-20-24-29(30,26-22-23-28-31-27-9-6-3)25-21-19-17-15-13-11-8-5-2/h30H,4-28H2,1-3H3. The van der Waals surface area contributed by atoms with Gasteiger partial charge in [0, 0.05) is 13.2 Å². The average molecular weight is 441 g/mol. The second-order valence-electron chi connectivity index (χ2n) is 10.1. The Hall–Kier alpha value is -0.0800. The van der Waals surface area contributed by atoms with E-state index >= 15 is 0 Å². The Morgan fingerprint density at radius 1 is 0.419 bits per heavy atom. The molecule has 0 saturated heterocycles. The first-order valence-corrected chi connectivity index (χ1v) is 14.5. The monoisotopic (exact) mass is 440 g/mol. The Morgan fingerprint density at radius 3 is 1.16 bits per heavy atom. The minimum atomic E-state index is -0.423. The highest BCUT2D eigenvalue weighted by atomic mass is 16.5. The molecule has 2 nitrogen and oxygen atoms in total. The summed E-state index contributed by atoms with van der Waals surface area (Å²) in [4.78, 5) is 0. The molecule has 0 aromatic carbocycles. The Kier molecular flexibility index (Phi) is 24.5. The van der Waals surface area contributed by atoms with Crippen LogP contribution < -0.4 is 0 Å². The van der Waals surface area contributed by atoms with Gasteiger partial charge in [-0.25, -0.2) is 0 Å². The molecular formula is C29H60O2. The maximum absolute atomic E-state index is 11.4. The fourth-order valence-corrected chi connectivity index (χ4v) is 4.56. The molecule has 0 aromatic rings. The van der Waals surface area contributed by atoms with Crippen LogP contribution in [-0.4, -0.2) is 23.9 Å². The van der Waals surface area contributed by atoms with Crippen LogP contribution in [0.3, 0.4) is 0 Å². The molecule has 1 N–H and O–H groups in total. The van der Waals surface area contributed by atoms with Crippen molar-refractivity contribution >= 4 is 0 Å². The number of aliphatic hydroxyl groups is 1. The van der Waals surface area contributed by atoms with Gasteiger partial charge in [-0.05, 0) is 38.5 Å². The highest BCUT2D eigenvalue weighted by molar-refractivity contribution is 4.78. The lowest BCUT2D eigenvalue weighted by atomic mass is 9.85. The normalized spacial score (nSPS) is 12.0. The SMILES string of the molecule is CCCCCCCCCCC(O)(CCCCCCCCCC)CCCCOCCCC. The smallest absolute Gasteiger partial charge is 0.0647 e. The van der Waals surface area contributed by atoms with E-state index in [-0.39, 0.29) is 0 Å². The van der Waals surface area contributed by atoms with Crippen LogP contribution in [0.2, 0.25) is 0 Å². The summed E-state index contributed by atoms with van der Waals surface area (Å²) in [5.41, 5.74) is -0.423. The van der Waals surface area contributed by atoms with E-state index in [0.29, 0.717) is 0 Å². The zero-order valence-corrected chi connectivity index (χ0v) is 22.0. The molecule has 0 saturated carbocycles. The van der Waals surface area contributed by atoms with Gasteiger partial charge in [-0.15, -0.1) is 0 Å². The van der Waals surface area contributed by atoms with Crippen LogP contribution in [0.25, 0.3) is 0 Å². The Morgan fingerprint density at radius 2 is 0.742 bits per heavy atom. The highest BCUT2D eigenvalue weighted by Gasteiger charge is 2.25. The molecule has 0 aromatic heterocycles. The molecule has 0 aliphatic heterocycles. The minimum absolute atomic E-state index is 0.423. The molecule has 0 atom stereocenters. The summed E-state index contributed by atoms with van der Waals surface area (Å²) in [6.07, 6.45) is 29.1. The Bertz CT molecular complexity index is 309. The van der Waals surface area contributed by atoms with Crippen LogP contribution in [0.5, 0.6) is 0 Å². The molecule has 2 heteroatoms. The molecule has 0 unspecified atom stereocenters. The summed E-state index contributed by atoms with van der Waals surface area (Å²) < 4.78 is 5.71. The third-order valence-electron chi connectivity index (χ3n) is 6.81. The predicted octanol–water partition coefficient (Wildman–Crippen LogP) is 9.77. The van der Waals surface area contributed by atoms with Crippen molar-refractivity contribution in [2.75, 3.05) is 13.2 Å². The summed E-state index contributed by atoms with van der Waals surface area (Å²) in [7, 11) is 0. The molecule has 0 fully saturated rings. The van der Waals surface area contributed by atoms with E-state index in [4.69, 9.17) is 4.74 Å². The van der Waals surface area contributed by atoms with Crippen LogP contribution in [0.1, 0.15) is 168 Å². The summed E-state index contributed by atoms with van der Waals surface area (Å²) in [5.74, 6) is 0. The first kappa shape index (κ1) is 30.9. The van der Waals surface area contributed by atoms with Crippen LogP contribution in [-0.2, 0) is 4.74 Å². The van der Waals surface area contributed by atoms with Crippen LogP contribution >= 0.6 is 0 Å². The van der Waals surface area contributed by atoms with Crippen molar-refractivity contribution in [2.45, 2.75) is 174 Å². The van der Waals surface area contributed by atoms with E-state index in [1.807, 2.05) is 0 Å². The Balaban J connectivity index is 4.04. The third-order valence-corrected chi connectivity index (χ3v) is 6.81. The fourth-order valence-electron chi connectivity index (χ4n) is 4.56. The lowest BCUT2D eigenvalue weighted by molar-refractivity contribution is 0.00508. The topological polar surface area (TPSA) is 29.5 Å². The summed E-state index contributed by atoms with van der Waals surface area (Å²) >= 11 is 0. The van der Waals surface area contributed by atoms with Crippen molar-refractivity contribution in [3.63, 3.8) is 0 Å². The highest BCUT2D eigenvalue weighted by Crippen LogP contribution is 2.28. The molecule has 0 bridgehead atoms. The molecule has 0 aliphatic carbocycles. The van der Waals surface area contributed by atoms with Crippen LogP contribution in [0.15, 0.2) is 0 Å². The van der Waals surface area contributed by atoms with Gasteiger partial charge in [-0.3, -0.25) is 0 Å². The van der Waals surface area contributed by atoms with Crippen molar-refractivity contribution in [1.29, 1.82) is 0 Å². The summed E-state index contributed by atoms with van der Waals surface area (Å²) in [6, 6.07) is 0. The van der Waals surface area contributed by atoms with Crippen LogP contribution in [0, 0.1) is 0 Å². The van der Waals surface area contributed by atoms with Gasteiger partial charge in [-0.1, -0.05) is 130 Å². The molecular weight excluding hydrogens is 380 g/mol. The number of rotatable bonds is 26. The molecule has 0 rings (SSSR count). The number of hydrogen-bond acceptors (Lipinski definition) is 2. The largest absolute Gasteiger partial charge is 0.390 e. The van der Waals surface area contributed by atoms with Gasteiger partial charge in [0.15, 0.2) is 0 Å². The molecule has 188 valence electrons. The van der Waals surface area contributed by atoms with E-state index in [9.17, 15) is 5.11 Å². The van der Waals surface area contributed by atoms with Gasteiger partial charge in [0.2, 0.25) is 0 Å². The van der Waals surface area contributed by atoms with Crippen molar-refractivity contribution in [1.82, 2.24) is 0 Å². The van der Waals surface area contributed by atoms with Crippen LogP contribution in [0.4, 0.5) is 0 Å². The van der Waals surface area contributed by atoms with E-state index < -0.39 is 5.60 Å². The van der Waals surface area contributed by atoms with E-state index in [2.05, 4.69) is 20.8 Å². The molecule has 0 spiro atoms. The fraction of sp³-hybridized carbons (Fsp3) is 1.00. The predicted molar refractivity (Wildman–Crippen MR) is 139 cm³/mol. The molecule has 0 aliphatic rings.